The molecular formula is C12H10N2O2. The van der Waals surface area contributed by atoms with Gasteiger partial charge in [-0.1, -0.05) is 0 Å². The molecule has 0 N–H and O–H groups in total. The van der Waals surface area contributed by atoms with E-state index in [9.17, 15) is 4.79 Å². The van der Waals surface area contributed by atoms with Crippen LogP contribution in [0.15, 0.2) is 36.7 Å². The standard InChI is InChI=1S/C12H10N2O2/c1-16-12-3-2-10(7-14-12)11-6-9(8-15)4-5-13-11/h2-8H,1H3. The topological polar surface area (TPSA) is 52.1 Å². The maximum absolute atomic E-state index is 10.6. The highest BCUT2D eigenvalue weighted by molar-refractivity contribution is 5.77. The molecule has 80 valence electrons. The van der Waals surface area contributed by atoms with E-state index in [4.69, 9.17) is 4.74 Å². The normalized spacial score (nSPS) is 9.81. The average Bonchev–Trinajstić information content (AvgIpc) is 2.39. The van der Waals surface area contributed by atoms with Crippen LogP contribution >= 0.6 is 0 Å². The third-order valence-electron chi connectivity index (χ3n) is 2.16. The molecule has 16 heavy (non-hydrogen) atoms. The molecule has 0 bridgehead atoms. The van der Waals surface area contributed by atoms with E-state index < -0.39 is 0 Å². The average molecular weight is 214 g/mol. The van der Waals surface area contributed by atoms with Crippen molar-refractivity contribution in [1.82, 2.24) is 9.97 Å². The number of hydrogen-bond donors (Lipinski definition) is 0. The summed E-state index contributed by atoms with van der Waals surface area (Å²) in [4.78, 5) is 18.9. The smallest absolute Gasteiger partial charge is 0.212 e. The Kier molecular flexibility index (Phi) is 2.91. The first-order valence-corrected chi connectivity index (χ1v) is 4.75. The van der Waals surface area contributed by atoms with Crippen LogP contribution in [0.1, 0.15) is 10.4 Å². The third-order valence-corrected chi connectivity index (χ3v) is 2.16. The molecule has 0 saturated carbocycles. The van der Waals surface area contributed by atoms with Crippen LogP contribution in [0.3, 0.4) is 0 Å². The van der Waals surface area contributed by atoms with Crippen LogP contribution in [0.25, 0.3) is 11.3 Å². The minimum absolute atomic E-state index is 0.551. The quantitative estimate of drug-likeness (QED) is 0.733. The summed E-state index contributed by atoms with van der Waals surface area (Å²) in [6.07, 6.45) is 4.06. The van der Waals surface area contributed by atoms with E-state index in [1.54, 1.807) is 37.7 Å². The summed E-state index contributed by atoms with van der Waals surface area (Å²) in [5.41, 5.74) is 2.17. The molecule has 0 aliphatic heterocycles. The van der Waals surface area contributed by atoms with E-state index in [1.165, 1.54) is 0 Å². The van der Waals surface area contributed by atoms with Gasteiger partial charge >= 0.3 is 0 Å². The molecule has 2 aromatic heterocycles. The zero-order valence-corrected chi connectivity index (χ0v) is 8.75. The van der Waals surface area contributed by atoms with E-state index in [0.717, 1.165) is 17.5 Å². The highest BCUT2D eigenvalue weighted by atomic mass is 16.5. The number of nitrogens with zero attached hydrogens (tertiary/aromatic N) is 2. The van der Waals surface area contributed by atoms with Gasteiger partial charge in [-0.3, -0.25) is 9.78 Å². The molecule has 2 rings (SSSR count). The van der Waals surface area contributed by atoms with Crippen LogP contribution in [0.2, 0.25) is 0 Å². The number of rotatable bonds is 3. The van der Waals surface area contributed by atoms with Crippen LogP contribution in [0.5, 0.6) is 5.88 Å². The number of pyridine rings is 2. The number of aldehydes is 1. The number of carbonyl (C=O) groups is 1. The minimum Gasteiger partial charge on any atom is -0.481 e. The van der Waals surface area contributed by atoms with Crippen LogP contribution in [-0.2, 0) is 0 Å². The first kappa shape index (κ1) is 10.3. The van der Waals surface area contributed by atoms with Gasteiger partial charge in [0.2, 0.25) is 5.88 Å². The van der Waals surface area contributed by atoms with Gasteiger partial charge in [-0.05, 0) is 18.2 Å². The van der Waals surface area contributed by atoms with Gasteiger partial charge in [-0.15, -0.1) is 0 Å². The van der Waals surface area contributed by atoms with E-state index in [2.05, 4.69) is 9.97 Å². The molecule has 0 unspecified atom stereocenters. The summed E-state index contributed by atoms with van der Waals surface area (Å²) in [6, 6.07) is 6.98. The van der Waals surface area contributed by atoms with Crippen molar-refractivity contribution < 1.29 is 9.53 Å². The first-order valence-electron chi connectivity index (χ1n) is 4.75. The second-order valence-electron chi connectivity index (χ2n) is 3.18. The molecule has 0 fully saturated rings. The highest BCUT2D eigenvalue weighted by Crippen LogP contribution is 2.18. The Labute approximate surface area is 92.9 Å². The fourth-order valence-corrected chi connectivity index (χ4v) is 1.33. The molecule has 2 aromatic rings. The monoisotopic (exact) mass is 214 g/mol. The molecule has 0 aliphatic carbocycles. The fraction of sp³-hybridized carbons (Fsp3) is 0.0833. The largest absolute Gasteiger partial charge is 0.481 e. The number of carbonyl (C=O) groups excluding carboxylic acids is 1. The van der Waals surface area contributed by atoms with Gasteiger partial charge in [-0.25, -0.2) is 4.98 Å². The predicted molar refractivity (Wildman–Crippen MR) is 59.4 cm³/mol. The summed E-state index contributed by atoms with van der Waals surface area (Å²) < 4.78 is 4.96. The van der Waals surface area contributed by atoms with Gasteiger partial charge < -0.3 is 4.74 Å². The lowest BCUT2D eigenvalue weighted by atomic mass is 10.1. The van der Waals surface area contributed by atoms with Gasteiger partial charge in [-0.2, -0.15) is 0 Å². The Bertz CT molecular complexity index is 495. The highest BCUT2D eigenvalue weighted by Gasteiger charge is 2.01. The van der Waals surface area contributed by atoms with Crippen molar-refractivity contribution in [3.8, 4) is 17.1 Å². The molecule has 0 atom stereocenters. The Morgan fingerprint density at radius 3 is 2.75 bits per heavy atom. The van der Waals surface area contributed by atoms with Gasteiger partial charge in [0.1, 0.15) is 6.29 Å². The molecule has 0 radical (unpaired) electrons. The second-order valence-corrected chi connectivity index (χ2v) is 3.18. The molecule has 0 spiro atoms. The number of methoxy groups -OCH3 is 1. The first-order chi connectivity index (χ1) is 7.83. The molecule has 0 saturated heterocycles. The summed E-state index contributed by atoms with van der Waals surface area (Å²) in [5.74, 6) is 0.551. The predicted octanol–water partition coefficient (Wildman–Crippen LogP) is 1.96. The van der Waals surface area contributed by atoms with Crippen LogP contribution in [0.4, 0.5) is 0 Å². The lowest BCUT2D eigenvalue weighted by Crippen LogP contribution is -1.90. The maximum Gasteiger partial charge on any atom is 0.212 e. The molecule has 2 heterocycles. The zero-order valence-electron chi connectivity index (χ0n) is 8.75. The van der Waals surface area contributed by atoms with Crippen LogP contribution in [-0.4, -0.2) is 23.4 Å². The zero-order chi connectivity index (χ0) is 11.4. The van der Waals surface area contributed by atoms with E-state index in [1.807, 2.05) is 6.07 Å². The van der Waals surface area contributed by atoms with Crippen LogP contribution < -0.4 is 4.74 Å². The molecular weight excluding hydrogens is 204 g/mol. The summed E-state index contributed by atoms with van der Waals surface area (Å²) >= 11 is 0. The van der Waals surface area contributed by atoms with Crippen LogP contribution in [0, 0.1) is 0 Å². The second kappa shape index (κ2) is 4.53. The van der Waals surface area contributed by atoms with Crippen molar-refractivity contribution in [2.24, 2.45) is 0 Å². The van der Waals surface area contributed by atoms with Crippen molar-refractivity contribution in [3.63, 3.8) is 0 Å². The van der Waals surface area contributed by atoms with E-state index in [-0.39, 0.29) is 0 Å². The SMILES string of the molecule is COc1ccc(-c2cc(C=O)ccn2)cn1. The Hall–Kier alpha value is -2.23. The Morgan fingerprint density at radius 1 is 1.25 bits per heavy atom. The van der Waals surface area contributed by atoms with Crippen molar-refractivity contribution >= 4 is 6.29 Å². The molecule has 0 aliphatic rings. The van der Waals surface area contributed by atoms with E-state index in [0.29, 0.717) is 11.4 Å². The van der Waals surface area contributed by atoms with Crippen molar-refractivity contribution in [1.29, 1.82) is 0 Å². The third kappa shape index (κ3) is 2.06. The summed E-state index contributed by atoms with van der Waals surface area (Å²) in [7, 11) is 1.56. The van der Waals surface area contributed by atoms with Crippen molar-refractivity contribution in [3.05, 3.63) is 42.2 Å². The van der Waals surface area contributed by atoms with Gasteiger partial charge in [0.15, 0.2) is 0 Å². The minimum atomic E-state index is 0.551. The molecule has 4 nitrogen and oxygen atoms in total. The molecule has 0 amide bonds. The Morgan fingerprint density at radius 2 is 2.12 bits per heavy atom. The van der Waals surface area contributed by atoms with Crippen molar-refractivity contribution in [2.75, 3.05) is 7.11 Å². The number of ether oxygens (including phenoxy) is 1. The number of hydrogen-bond acceptors (Lipinski definition) is 4. The lowest BCUT2D eigenvalue weighted by molar-refractivity contribution is 0.112. The molecule has 0 aromatic carbocycles. The lowest BCUT2D eigenvalue weighted by Gasteiger charge is -2.02. The maximum atomic E-state index is 10.6. The van der Waals surface area contributed by atoms with E-state index >= 15 is 0 Å². The fourth-order valence-electron chi connectivity index (χ4n) is 1.33. The van der Waals surface area contributed by atoms with Gasteiger partial charge in [0.25, 0.3) is 0 Å². The summed E-state index contributed by atoms with van der Waals surface area (Å²) in [5, 5.41) is 0. The number of aromatic nitrogens is 2. The van der Waals surface area contributed by atoms with Crippen molar-refractivity contribution in [2.45, 2.75) is 0 Å². The van der Waals surface area contributed by atoms with Gasteiger partial charge in [0, 0.05) is 29.6 Å². The Balaban J connectivity index is 2.38. The molecule has 4 heteroatoms. The summed E-state index contributed by atoms with van der Waals surface area (Å²) in [6.45, 7) is 0. The van der Waals surface area contributed by atoms with Gasteiger partial charge in [0.05, 0.1) is 12.8 Å².